The van der Waals surface area contributed by atoms with Gasteiger partial charge < -0.3 is 15.3 Å². The van der Waals surface area contributed by atoms with Crippen LogP contribution < -0.4 is 10.8 Å². The number of carbonyl (C=O) groups excluding carboxylic acids is 3. The van der Waals surface area contributed by atoms with Gasteiger partial charge in [0.05, 0.1) is 13.2 Å². The summed E-state index contributed by atoms with van der Waals surface area (Å²) in [5.74, 6) is -0.930. The highest BCUT2D eigenvalue weighted by molar-refractivity contribution is 5.89. The number of amides is 3. The number of aliphatic hydroxyl groups excluding tert-OH is 1. The molecule has 2 aromatic rings. The number of nitrogens with zero attached hydrogens (tertiary/aromatic N) is 1. The Hall–Kier alpha value is -3.23. The van der Waals surface area contributed by atoms with Crippen molar-refractivity contribution in [2.24, 2.45) is 5.92 Å². The van der Waals surface area contributed by atoms with Crippen LogP contribution in [-0.4, -0.2) is 46.9 Å². The molecule has 0 aromatic heterocycles. The molecule has 34 heavy (non-hydrogen) atoms. The zero-order chi connectivity index (χ0) is 24.8. The van der Waals surface area contributed by atoms with Gasteiger partial charge >= 0.3 is 0 Å². The minimum Gasteiger partial charge on any atom is -0.395 e. The predicted octanol–water partition coefficient (Wildman–Crippen LogP) is 2.57. The number of hydrogen-bond donors (Lipinski definition) is 3. The van der Waals surface area contributed by atoms with Gasteiger partial charge in [0, 0.05) is 25.9 Å². The van der Waals surface area contributed by atoms with Crippen LogP contribution in [0.15, 0.2) is 60.7 Å². The fraction of sp³-hybridized carbons (Fsp3) is 0.423. The van der Waals surface area contributed by atoms with Crippen molar-refractivity contribution >= 4 is 17.7 Å². The van der Waals surface area contributed by atoms with E-state index in [4.69, 9.17) is 4.84 Å². The molecule has 1 unspecified atom stereocenters. The second-order valence-corrected chi connectivity index (χ2v) is 8.46. The maximum absolute atomic E-state index is 13.0. The Morgan fingerprint density at radius 2 is 1.56 bits per heavy atom. The van der Waals surface area contributed by atoms with Gasteiger partial charge in [-0.2, -0.15) is 0 Å². The summed E-state index contributed by atoms with van der Waals surface area (Å²) in [5.41, 5.74) is 4.20. The number of benzene rings is 2. The Morgan fingerprint density at radius 3 is 2.15 bits per heavy atom. The molecule has 3 amide bonds. The van der Waals surface area contributed by atoms with E-state index in [2.05, 4.69) is 10.8 Å². The first-order valence-electron chi connectivity index (χ1n) is 11.6. The van der Waals surface area contributed by atoms with Crippen LogP contribution >= 0.6 is 0 Å². The monoisotopic (exact) mass is 469 g/mol. The van der Waals surface area contributed by atoms with E-state index in [-0.39, 0.29) is 50.3 Å². The molecule has 2 aromatic carbocycles. The minimum absolute atomic E-state index is 0.0150. The van der Waals surface area contributed by atoms with E-state index >= 15 is 0 Å². The van der Waals surface area contributed by atoms with Crippen LogP contribution in [0.4, 0.5) is 0 Å². The summed E-state index contributed by atoms with van der Waals surface area (Å²) in [7, 11) is 0. The Kier molecular flexibility index (Phi) is 11.8. The smallest absolute Gasteiger partial charge is 0.244 e. The molecule has 0 bridgehead atoms. The Bertz CT molecular complexity index is 890. The summed E-state index contributed by atoms with van der Waals surface area (Å²) in [5, 5.41) is 12.4. The molecule has 184 valence electrons. The molecule has 0 fully saturated rings. The topological polar surface area (TPSA) is 108 Å². The summed E-state index contributed by atoms with van der Waals surface area (Å²) in [6.45, 7) is 4.23. The van der Waals surface area contributed by atoms with Gasteiger partial charge in [-0.3, -0.25) is 19.2 Å². The molecule has 0 aliphatic heterocycles. The third kappa shape index (κ3) is 9.72. The van der Waals surface area contributed by atoms with Gasteiger partial charge in [-0.15, -0.1) is 0 Å². The van der Waals surface area contributed by atoms with E-state index < -0.39 is 11.9 Å². The summed E-state index contributed by atoms with van der Waals surface area (Å²) in [4.78, 5) is 44.7. The third-order valence-electron chi connectivity index (χ3n) is 5.18. The molecule has 0 radical (unpaired) electrons. The average molecular weight is 470 g/mol. The molecule has 8 heteroatoms. The lowest BCUT2D eigenvalue weighted by atomic mass is 10.0. The minimum atomic E-state index is -0.735. The highest BCUT2D eigenvalue weighted by atomic mass is 16.6. The fourth-order valence-corrected chi connectivity index (χ4v) is 3.48. The molecular weight excluding hydrogens is 434 g/mol. The van der Waals surface area contributed by atoms with E-state index in [1.807, 2.05) is 74.5 Å². The van der Waals surface area contributed by atoms with E-state index in [0.29, 0.717) is 13.0 Å². The third-order valence-corrected chi connectivity index (χ3v) is 5.18. The van der Waals surface area contributed by atoms with Crippen LogP contribution in [0.5, 0.6) is 0 Å². The Balaban J connectivity index is 1.91. The Morgan fingerprint density at radius 1 is 0.941 bits per heavy atom. The van der Waals surface area contributed by atoms with Crippen molar-refractivity contribution in [3.8, 4) is 0 Å². The van der Waals surface area contributed by atoms with E-state index in [9.17, 15) is 19.5 Å². The second-order valence-electron chi connectivity index (χ2n) is 8.46. The van der Waals surface area contributed by atoms with Gasteiger partial charge in [-0.1, -0.05) is 74.5 Å². The number of nitrogens with one attached hydrogen (secondary N) is 2. The predicted molar refractivity (Wildman–Crippen MR) is 129 cm³/mol. The lowest BCUT2D eigenvalue weighted by Crippen LogP contribution is -2.51. The standard InChI is InChI=1S/C26H35N3O5/c1-20(2)17-23(26(33)27-18-21-9-5-3-6-10-21)29(15-16-30)25(32)14-13-24(31)28-34-19-22-11-7-4-8-12-22/h3-12,20,23,30H,13-19H2,1-2H3,(H,27,33)(H,28,31). The normalized spacial score (nSPS) is 11.6. The molecule has 0 spiro atoms. The zero-order valence-corrected chi connectivity index (χ0v) is 19.9. The lowest BCUT2D eigenvalue weighted by molar-refractivity contribution is -0.144. The van der Waals surface area contributed by atoms with Crippen LogP contribution in [0.3, 0.4) is 0 Å². The molecule has 0 saturated carbocycles. The molecule has 0 aliphatic rings. The van der Waals surface area contributed by atoms with Crippen molar-refractivity contribution in [3.63, 3.8) is 0 Å². The van der Waals surface area contributed by atoms with Crippen molar-refractivity contribution in [3.05, 3.63) is 71.8 Å². The van der Waals surface area contributed by atoms with Crippen LogP contribution in [0, 0.1) is 5.92 Å². The van der Waals surface area contributed by atoms with Crippen LogP contribution in [0.1, 0.15) is 44.2 Å². The quantitative estimate of drug-likeness (QED) is 0.369. The summed E-state index contributed by atoms with van der Waals surface area (Å²) < 4.78 is 0. The van der Waals surface area contributed by atoms with Gasteiger partial charge in [0.25, 0.3) is 0 Å². The molecule has 2 rings (SSSR count). The molecule has 0 aliphatic carbocycles. The van der Waals surface area contributed by atoms with Crippen LogP contribution in [0.25, 0.3) is 0 Å². The largest absolute Gasteiger partial charge is 0.395 e. The van der Waals surface area contributed by atoms with Crippen LogP contribution in [0.2, 0.25) is 0 Å². The molecule has 8 nitrogen and oxygen atoms in total. The molecule has 1 atom stereocenters. The molecule has 0 saturated heterocycles. The lowest BCUT2D eigenvalue weighted by Gasteiger charge is -2.31. The van der Waals surface area contributed by atoms with Crippen molar-refractivity contribution in [2.75, 3.05) is 13.2 Å². The highest BCUT2D eigenvalue weighted by Crippen LogP contribution is 2.15. The number of hydrogen-bond acceptors (Lipinski definition) is 5. The first kappa shape index (κ1) is 27.0. The molecule has 0 heterocycles. The summed E-state index contributed by atoms with van der Waals surface area (Å²) in [6.07, 6.45) is 0.259. The summed E-state index contributed by atoms with van der Waals surface area (Å²) in [6, 6.07) is 18.2. The van der Waals surface area contributed by atoms with Gasteiger partial charge in [-0.05, 0) is 23.5 Å². The van der Waals surface area contributed by atoms with Gasteiger partial charge in [-0.25, -0.2) is 5.48 Å². The Labute approximate surface area is 201 Å². The van der Waals surface area contributed by atoms with Crippen molar-refractivity contribution in [1.82, 2.24) is 15.7 Å². The zero-order valence-electron chi connectivity index (χ0n) is 19.9. The van der Waals surface area contributed by atoms with Gasteiger partial charge in [0.1, 0.15) is 6.04 Å². The van der Waals surface area contributed by atoms with Gasteiger partial charge in [0.15, 0.2) is 0 Å². The van der Waals surface area contributed by atoms with Crippen molar-refractivity contribution in [2.45, 2.75) is 52.3 Å². The first-order chi connectivity index (χ1) is 16.4. The maximum Gasteiger partial charge on any atom is 0.244 e. The maximum atomic E-state index is 13.0. The van der Waals surface area contributed by atoms with E-state index in [0.717, 1.165) is 11.1 Å². The number of rotatable bonds is 14. The van der Waals surface area contributed by atoms with Gasteiger partial charge in [0.2, 0.25) is 17.7 Å². The summed E-state index contributed by atoms with van der Waals surface area (Å²) >= 11 is 0. The van der Waals surface area contributed by atoms with Crippen molar-refractivity contribution < 1.29 is 24.3 Å². The average Bonchev–Trinajstić information content (AvgIpc) is 2.84. The number of hydroxylamine groups is 1. The first-order valence-corrected chi connectivity index (χ1v) is 11.6. The van der Waals surface area contributed by atoms with Crippen molar-refractivity contribution in [1.29, 1.82) is 0 Å². The highest BCUT2D eigenvalue weighted by Gasteiger charge is 2.30. The second kappa shape index (κ2) is 14.8. The molecule has 3 N–H and O–H groups in total. The number of carbonyl (C=O) groups is 3. The molecular formula is C26H35N3O5. The number of aliphatic hydroxyl groups is 1. The van der Waals surface area contributed by atoms with E-state index in [1.165, 1.54) is 4.90 Å². The SMILES string of the molecule is CC(C)CC(C(=O)NCc1ccccc1)N(CCO)C(=O)CCC(=O)NOCc1ccccc1. The van der Waals surface area contributed by atoms with E-state index in [1.54, 1.807) is 0 Å². The fourth-order valence-electron chi connectivity index (χ4n) is 3.48. The van der Waals surface area contributed by atoms with Crippen LogP contribution in [-0.2, 0) is 32.4 Å².